The van der Waals surface area contributed by atoms with Gasteiger partial charge in [0.05, 0.1) is 18.2 Å². The first-order valence-corrected chi connectivity index (χ1v) is 8.30. The molecule has 0 unspecified atom stereocenters. The number of ether oxygens (including phenoxy) is 1. The predicted octanol–water partition coefficient (Wildman–Crippen LogP) is 4.41. The third-order valence-corrected chi connectivity index (χ3v) is 4.41. The second-order valence-electron chi connectivity index (χ2n) is 6.37. The number of fused-ring (bicyclic) bond motifs is 1. The van der Waals surface area contributed by atoms with Crippen LogP contribution in [0.3, 0.4) is 0 Å². The fourth-order valence-electron chi connectivity index (χ4n) is 3.32. The zero-order valence-corrected chi connectivity index (χ0v) is 14.7. The molecule has 0 saturated carbocycles. The zero-order chi connectivity index (χ0) is 18.0. The Bertz CT molecular complexity index is 923. The molecule has 3 rings (SSSR count). The van der Waals surface area contributed by atoms with Crippen LogP contribution < -0.4 is 0 Å². The average molecular weight is 335 g/mol. The Hall–Kier alpha value is -2.88. The molecule has 0 aliphatic carbocycles. The number of methoxy groups -OCH3 is 1. The van der Waals surface area contributed by atoms with E-state index in [0.717, 1.165) is 28.4 Å². The lowest BCUT2D eigenvalue weighted by Crippen LogP contribution is -2.08. The highest BCUT2D eigenvalue weighted by Crippen LogP contribution is 2.31. The molecule has 4 nitrogen and oxygen atoms in total. The van der Waals surface area contributed by atoms with E-state index in [1.54, 1.807) is 6.07 Å². The fourth-order valence-corrected chi connectivity index (χ4v) is 3.32. The van der Waals surface area contributed by atoms with Crippen molar-refractivity contribution in [2.45, 2.75) is 26.3 Å². The minimum Gasteiger partial charge on any atom is -0.465 e. The number of hydrogen-bond donors (Lipinski definition) is 0. The number of aromatic nitrogens is 1. The Kier molecular flexibility index (Phi) is 4.70. The van der Waals surface area contributed by atoms with Crippen molar-refractivity contribution in [3.05, 3.63) is 70.9 Å². The number of nitrogens with zero attached hydrogens (tertiary/aromatic N) is 1. The SMILES string of the molecule is COC(=O)c1ccc2c(C=O)c(C(C)C)n(Cc3ccccc3)c2c1. The Balaban J connectivity index is 2.27. The lowest BCUT2D eigenvalue weighted by molar-refractivity contribution is 0.0601. The standard InChI is InChI=1S/C21H21NO3/c1-14(2)20-18(13-23)17-10-9-16(21(24)25-3)11-19(17)22(20)12-15-7-5-4-6-8-15/h4-11,13-14H,12H2,1-3H3. The van der Waals surface area contributed by atoms with Crippen LogP contribution in [0.5, 0.6) is 0 Å². The van der Waals surface area contributed by atoms with Crippen LogP contribution in [0.4, 0.5) is 0 Å². The molecule has 0 N–H and O–H groups in total. The molecule has 0 spiro atoms. The van der Waals surface area contributed by atoms with Crippen LogP contribution in [0.15, 0.2) is 48.5 Å². The van der Waals surface area contributed by atoms with Gasteiger partial charge in [0.25, 0.3) is 0 Å². The fraction of sp³-hybridized carbons (Fsp3) is 0.238. The maximum atomic E-state index is 11.9. The second kappa shape index (κ2) is 6.93. The zero-order valence-electron chi connectivity index (χ0n) is 14.7. The first-order valence-electron chi connectivity index (χ1n) is 8.30. The summed E-state index contributed by atoms with van der Waals surface area (Å²) in [5, 5.41) is 0.863. The monoisotopic (exact) mass is 335 g/mol. The van der Waals surface area contributed by atoms with Crippen LogP contribution in [0, 0.1) is 0 Å². The molecule has 0 fully saturated rings. The second-order valence-corrected chi connectivity index (χ2v) is 6.37. The topological polar surface area (TPSA) is 48.3 Å². The largest absolute Gasteiger partial charge is 0.465 e. The molecular formula is C21H21NO3. The third-order valence-electron chi connectivity index (χ3n) is 4.41. The van der Waals surface area contributed by atoms with Gasteiger partial charge in [-0.25, -0.2) is 4.79 Å². The van der Waals surface area contributed by atoms with Crippen LogP contribution in [0.1, 0.15) is 51.7 Å². The van der Waals surface area contributed by atoms with Gasteiger partial charge in [-0.05, 0) is 23.6 Å². The molecule has 3 aromatic rings. The highest BCUT2D eigenvalue weighted by molar-refractivity contribution is 6.02. The molecular weight excluding hydrogens is 314 g/mol. The number of hydrogen-bond acceptors (Lipinski definition) is 3. The summed E-state index contributed by atoms with van der Waals surface area (Å²) in [6.45, 7) is 4.79. The summed E-state index contributed by atoms with van der Waals surface area (Å²) in [7, 11) is 1.37. The number of rotatable bonds is 5. The van der Waals surface area contributed by atoms with Gasteiger partial charge in [0.2, 0.25) is 0 Å². The quantitative estimate of drug-likeness (QED) is 0.512. The average Bonchev–Trinajstić information content (AvgIpc) is 2.95. The first kappa shape index (κ1) is 17.0. The molecule has 0 aliphatic rings. The smallest absolute Gasteiger partial charge is 0.337 e. The van der Waals surface area contributed by atoms with Gasteiger partial charge < -0.3 is 9.30 Å². The van der Waals surface area contributed by atoms with Crippen molar-refractivity contribution >= 4 is 23.2 Å². The molecule has 0 aliphatic heterocycles. The van der Waals surface area contributed by atoms with Crippen molar-refractivity contribution in [1.29, 1.82) is 0 Å². The summed E-state index contributed by atoms with van der Waals surface area (Å²) in [6.07, 6.45) is 0.914. The summed E-state index contributed by atoms with van der Waals surface area (Å²) in [5.74, 6) is -0.203. The van der Waals surface area contributed by atoms with E-state index in [4.69, 9.17) is 4.74 Å². The van der Waals surface area contributed by atoms with Crippen LogP contribution in [0.2, 0.25) is 0 Å². The lowest BCUT2D eigenvalue weighted by Gasteiger charge is -2.14. The Morgan fingerprint density at radius 1 is 1.16 bits per heavy atom. The van der Waals surface area contributed by atoms with E-state index in [9.17, 15) is 9.59 Å². The maximum absolute atomic E-state index is 11.9. The van der Waals surface area contributed by atoms with Gasteiger partial charge in [-0.2, -0.15) is 0 Å². The van der Waals surface area contributed by atoms with Gasteiger partial charge in [0.15, 0.2) is 6.29 Å². The van der Waals surface area contributed by atoms with E-state index in [2.05, 4.69) is 30.5 Å². The number of carbonyl (C=O) groups is 2. The molecule has 0 bridgehead atoms. The van der Waals surface area contributed by atoms with E-state index in [1.165, 1.54) is 7.11 Å². The van der Waals surface area contributed by atoms with E-state index < -0.39 is 0 Å². The van der Waals surface area contributed by atoms with Gasteiger partial charge in [0, 0.05) is 23.2 Å². The Labute approximate surface area is 147 Å². The number of carbonyl (C=O) groups excluding carboxylic acids is 2. The van der Waals surface area contributed by atoms with E-state index in [-0.39, 0.29) is 11.9 Å². The third kappa shape index (κ3) is 3.07. The molecule has 0 radical (unpaired) electrons. The molecule has 25 heavy (non-hydrogen) atoms. The van der Waals surface area contributed by atoms with Crippen molar-refractivity contribution in [3.8, 4) is 0 Å². The van der Waals surface area contributed by atoms with Crippen LogP contribution in [0.25, 0.3) is 10.9 Å². The molecule has 0 amide bonds. The number of esters is 1. The first-order chi connectivity index (χ1) is 12.1. The lowest BCUT2D eigenvalue weighted by atomic mass is 10.0. The maximum Gasteiger partial charge on any atom is 0.337 e. The van der Waals surface area contributed by atoms with E-state index in [1.807, 2.05) is 30.3 Å². The summed E-state index contributed by atoms with van der Waals surface area (Å²) in [4.78, 5) is 23.7. The summed E-state index contributed by atoms with van der Waals surface area (Å²) in [5.41, 5.74) is 4.17. The minimum atomic E-state index is -0.381. The number of benzene rings is 2. The minimum absolute atomic E-state index is 0.179. The summed E-state index contributed by atoms with van der Waals surface area (Å²) in [6, 6.07) is 15.4. The highest BCUT2D eigenvalue weighted by atomic mass is 16.5. The molecule has 128 valence electrons. The molecule has 2 aromatic carbocycles. The van der Waals surface area contributed by atoms with Gasteiger partial charge in [0.1, 0.15) is 0 Å². The Morgan fingerprint density at radius 3 is 2.48 bits per heavy atom. The molecule has 1 heterocycles. The van der Waals surface area contributed by atoms with E-state index >= 15 is 0 Å². The van der Waals surface area contributed by atoms with Crippen molar-refractivity contribution in [1.82, 2.24) is 4.57 Å². The van der Waals surface area contributed by atoms with Gasteiger partial charge >= 0.3 is 5.97 Å². The predicted molar refractivity (Wildman–Crippen MR) is 98.3 cm³/mol. The van der Waals surface area contributed by atoms with Crippen LogP contribution in [-0.4, -0.2) is 23.9 Å². The number of aldehydes is 1. The molecule has 4 heteroatoms. The Morgan fingerprint density at radius 2 is 1.88 bits per heavy atom. The molecule has 0 atom stereocenters. The van der Waals surface area contributed by atoms with Gasteiger partial charge in [-0.1, -0.05) is 50.2 Å². The van der Waals surface area contributed by atoms with Crippen molar-refractivity contribution in [2.75, 3.05) is 7.11 Å². The van der Waals surface area contributed by atoms with Crippen molar-refractivity contribution in [3.63, 3.8) is 0 Å². The molecule has 1 aromatic heterocycles. The van der Waals surface area contributed by atoms with Gasteiger partial charge in [-0.3, -0.25) is 4.79 Å². The van der Waals surface area contributed by atoms with Crippen LogP contribution >= 0.6 is 0 Å². The van der Waals surface area contributed by atoms with Gasteiger partial charge in [-0.15, -0.1) is 0 Å². The van der Waals surface area contributed by atoms with E-state index in [0.29, 0.717) is 17.7 Å². The summed E-state index contributed by atoms with van der Waals surface area (Å²) >= 11 is 0. The molecule has 0 saturated heterocycles. The van der Waals surface area contributed by atoms with Crippen molar-refractivity contribution in [2.24, 2.45) is 0 Å². The van der Waals surface area contributed by atoms with Crippen LogP contribution in [-0.2, 0) is 11.3 Å². The highest BCUT2D eigenvalue weighted by Gasteiger charge is 2.20. The van der Waals surface area contributed by atoms with Crippen molar-refractivity contribution < 1.29 is 14.3 Å². The summed E-state index contributed by atoms with van der Waals surface area (Å²) < 4.78 is 6.97. The normalized spacial score (nSPS) is 11.0.